The number of rotatable bonds is 5. The van der Waals surface area contributed by atoms with Gasteiger partial charge in [0.25, 0.3) is 0 Å². The Labute approximate surface area is 180 Å². The van der Waals surface area contributed by atoms with E-state index in [2.05, 4.69) is 15.1 Å². The Morgan fingerprint density at radius 2 is 1.86 bits per heavy atom. The zero-order chi connectivity index (χ0) is 20.8. The molecule has 0 aliphatic carbocycles. The van der Waals surface area contributed by atoms with Crippen molar-refractivity contribution in [3.8, 4) is 0 Å². The second-order valence-electron chi connectivity index (χ2n) is 6.74. The molecule has 1 aliphatic heterocycles. The highest BCUT2D eigenvalue weighted by molar-refractivity contribution is 7.80. The molecule has 0 saturated carbocycles. The number of benzene rings is 2. The van der Waals surface area contributed by atoms with E-state index in [4.69, 9.17) is 28.6 Å². The van der Waals surface area contributed by atoms with Crippen LogP contribution in [0.25, 0.3) is 0 Å². The van der Waals surface area contributed by atoms with E-state index in [1.807, 2.05) is 12.1 Å². The summed E-state index contributed by atoms with van der Waals surface area (Å²) in [4.78, 5) is 16.1. The summed E-state index contributed by atoms with van der Waals surface area (Å²) in [5.74, 6) is -0.730. The predicted molar refractivity (Wildman–Crippen MR) is 117 cm³/mol. The van der Waals surface area contributed by atoms with Crippen LogP contribution < -0.4 is 5.32 Å². The summed E-state index contributed by atoms with van der Waals surface area (Å²) in [6.45, 7) is 6.13. The van der Waals surface area contributed by atoms with Gasteiger partial charge < -0.3 is 15.0 Å². The minimum atomic E-state index is -0.396. The number of esters is 1. The van der Waals surface area contributed by atoms with Crippen molar-refractivity contribution < 1.29 is 13.9 Å². The molecule has 0 atom stereocenters. The maximum Gasteiger partial charge on any atom is 0.338 e. The van der Waals surface area contributed by atoms with Gasteiger partial charge in [-0.25, -0.2) is 9.18 Å². The first-order valence-corrected chi connectivity index (χ1v) is 10.2. The van der Waals surface area contributed by atoms with Crippen LogP contribution in [0.3, 0.4) is 0 Å². The molecule has 5 nitrogen and oxygen atoms in total. The lowest BCUT2D eigenvalue weighted by atomic mass is 10.2. The predicted octanol–water partition coefficient (Wildman–Crippen LogP) is 4.17. The van der Waals surface area contributed by atoms with Crippen molar-refractivity contribution in [3.05, 3.63) is 64.4 Å². The Kier molecular flexibility index (Phi) is 7.41. The van der Waals surface area contributed by atoms with Gasteiger partial charge in [-0.05, 0) is 61.1 Å². The van der Waals surface area contributed by atoms with Crippen LogP contribution in [0.5, 0.6) is 0 Å². The van der Waals surface area contributed by atoms with Gasteiger partial charge in [-0.1, -0.05) is 17.7 Å². The van der Waals surface area contributed by atoms with Gasteiger partial charge in [-0.15, -0.1) is 0 Å². The molecule has 1 fully saturated rings. The van der Waals surface area contributed by atoms with Gasteiger partial charge in [0.05, 0.1) is 17.2 Å². The van der Waals surface area contributed by atoms with Crippen LogP contribution in [-0.2, 0) is 11.3 Å². The molecule has 0 bridgehead atoms. The van der Waals surface area contributed by atoms with Gasteiger partial charge in [-0.3, -0.25) is 4.90 Å². The number of thiocarbonyl (C=S) groups is 1. The molecule has 29 heavy (non-hydrogen) atoms. The van der Waals surface area contributed by atoms with E-state index in [9.17, 15) is 9.18 Å². The summed E-state index contributed by atoms with van der Waals surface area (Å²) in [5, 5.41) is 4.02. The van der Waals surface area contributed by atoms with Crippen LogP contribution in [0, 0.1) is 5.82 Å². The molecule has 1 heterocycles. The number of piperazine rings is 1. The van der Waals surface area contributed by atoms with Crippen LogP contribution in [-0.4, -0.2) is 53.7 Å². The van der Waals surface area contributed by atoms with Gasteiger partial charge in [0.15, 0.2) is 5.11 Å². The Morgan fingerprint density at radius 1 is 1.17 bits per heavy atom. The Balaban J connectivity index is 1.48. The molecule has 0 aromatic heterocycles. The van der Waals surface area contributed by atoms with Crippen molar-refractivity contribution in [2.24, 2.45) is 0 Å². The normalized spacial score (nSPS) is 14.5. The van der Waals surface area contributed by atoms with E-state index in [0.717, 1.165) is 44.0 Å². The molecule has 1 saturated heterocycles. The molecule has 0 unspecified atom stereocenters. The first-order valence-electron chi connectivity index (χ1n) is 9.45. The van der Waals surface area contributed by atoms with E-state index < -0.39 is 5.82 Å². The lowest BCUT2D eigenvalue weighted by Gasteiger charge is -2.36. The van der Waals surface area contributed by atoms with Gasteiger partial charge in [0, 0.05) is 38.4 Å². The number of nitrogens with one attached hydrogen (secondary N) is 1. The van der Waals surface area contributed by atoms with Gasteiger partial charge in [-0.2, -0.15) is 0 Å². The lowest BCUT2D eigenvalue weighted by molar-refractivity contribution is 0.0526. The van der Waals surface area contributed by atoms with Crippen molar-refractivity contribution in [3.63, 3.8) is 0 Å². The van der Waals surface area contributed by atoms with Crippen LogP contribution in [0.4, 0.5) is 10.1 Å². The molecule has 2 aromatic carbocycles. The molecular formula is C21H23ClFN3O2S. The molecule has 1 aliphatic rings. The molecule has 0 radical (unpaired) electrons. The number of carbonyl (C=O) groups is 1. The van der Waals surface area contributed by atoms with Gasteiger partial charge in [0.1, 0.15) is 5.82 Å². The van der Waals surface area contributed by atoms with Crippen molar-refractivity contribution in [2.45, 2.75) is 13.5 Å². The van der Waals surface area contributed by atoms with E-state index >= 15 is 0 Å². The maximum atomic E-state index is 13.3. The number of anilines is 1. The topological polar surface area (TPSA) is 44.8 Å². The smallest absolute Gasteiger partial charge is 0.338 e. The molecule has 154 valence electrons. The summed E-state index contributed by atoms with van der Waals surface area (Å²) >= 11 is 11.4. The average molecular weight is 436 g/mol. The Bertz CT molecular complexity index is 871. The maximum absolute atomic E-state index is 13.3. The molecule has 2 aromatic rings. The standard InChI is InChI=1S/C21H23ClFN3O2S/c1-2-28-20(27)16-4-6-17(7-5-16)24-21(29)26-11-9-25(10-12-26)14-15-3-8-19(23)18(22)13-15/h3-8,13H,2,9-12,14H2,1H3,(H,24,29). The molecule has 3 rings (SSSR count). The number of hydrogen-bond acceptors (Lipinski definition) is 4. The first kappa shape index (κ1) is 21.5. The van der Waals surface area contributed by atoms with Gasteiger partial charge in [0.2, 0.25) is 0 Å². The van der Waals surface area contributed by atoms with Crippen LogP contribution in [0.1, 0.15) is 22.8 Å². The van der Waals surface area contributed by atoms with E-state index in [0.29, 0.717) is 17.3 Å². The highest BCUT2D eigenvalue weighted by Crippen LogP contribution is 2.18. The van der Waals surface area contributed by atoms with E-state index in [1.54, 1.807) is 31.2 Å². The highest BCUT2D eigenvalue weighted by Gasteiger charge is 2.19. The third-order valence-corrected chi connectivity index (χ3v) is 5.35. The molecule has 0 amide bonds. The summed E-state index contributed by atoms with van der Waals surface area (Å²) in [6.07, 6.45) is 0. The second kappa shape index (κ2) is 10.0. The fourth-order valence-corrected chi connectivity index (χ4v) is 3.62. The largest absolute Gasteiger partial charge is 0.462 e. The third-order valence-electron chi connectivity index (χ3n) is 4.70. The van der Waals surface area contributed by atoms with Crippen molar-refractivity contribution >= 4 is 40.6 Å². The molecule has 1 N–H and O–H groups in total. The Morgan fingerprint density at radius 3 is 2.48 bits per heavy atom. The first-order chi connectivity index (χ1) is 14.0. The number of nitrogens with zero attached hydrogens (tertiary/aromatic N) is 2. The number of hydrogen-bond donors (Lipinski definition) is 1. The van der Waals surface area contributed by atoms with E-state index in [-0.39, 0.29) is 11.0 Å². The van der Waals surface area contributed by atoms with Crippen LogP contribution in [0.15, 0.2) is 42.5 Å². The zero-order valence-corrected chi connectivity index (χ0v) is 17.7. The fourth-order valence-electron chi connectivity index (χ4n) is 3.11. The quantitative estimate of drug-likeness (QED) is 0.561. The molecule has 8 heteroatoms. The summed E-state index contributed by atoms with van der Waals surface area (Å²) in [6, 6.07) is 11.9. The number of carbonyl (C=O) groups excluding carboxylic acids is 1. The molecule has 0 spiro atoms. The van der Waals surface area contributed by atoms with Crippen LogP contribution >= 0.6 is 23.8 Å². The summed E-state index contributed by atoms with van der Waals surface area (Å²) in [5.41, 5.74) is 2.33. The molecular weight excluding hydrogens is 413 g/mol. The second-order valence-corrected chi connectivity index (χ2v) is 7.53. The number of halogens is 2. The summed E-state index contributed by atoms with van der Waals surface area (Å²) in [7, 11) is 0. The van der Waals surface area contributed by atoms with Crippen LogP contribution in [0.2, 0.25) is 5.02 Å². The minimum Gasteiger partial charge on any atom is -0.462 e. The highest BCUT2D eigenvalue weighted by atomic mass is 35.5. The van der Waals surface area contributed by atoms with Crippen molar-refractivity contribution in [1.82, 2.24) is 9.80 Å². The van der Waals surface area contributed by atoms with Crippen molar-refractivity contribution in [2.75, 3.05) is 38.1 Å². The third kappa shape index (κ3) is 5.88. The fraction of sp³-hybridized carbons (Fsp3) is 0.333. The average Bonchev–Trinajstić information content (AvgIpc) is 2.72. The SMILES string of the molecule is CCOC(=O)c1ccc(NC(=S)N2CCN(Cc3ccc(F)c(Cl)c3)CC2)cc1. The minimum absolute atomic E-state index is 0.153. The summed E-state index contributed by atoms with van der Waals surface area (Å²) < 4.78 is 18.3. The van der Waals surface area contributed by atoms with Crippen molar-refractivity contribution in [1.29, 1.82) is 0 Å². The Hall–Kier alpha value is -2.22. The monoisotopic (exact) mass is 435 g/mol. The van der Waals surface area contributed by atoms with E-state index in [1.165, 1.54) is 6.07 Å². The zero-order valence-electron chi connectivity index (χ0n) is 16.2. The van der Waals surface area contributed by atoms with Gasteiger partial charge >= 0.3 is 5.97 Å². The lowest BCUT2D eigenvalue weighted by Crippen LogP contribution is -2.49. The number of ether oxygens (including phenoxy) is 1.